The third-order valence-electron chi connectivity index (χ3n) is 2.45. The molecule has 2 rings (SSSR count). The molecular formula is C12H10Cl2N2O2S. The van der Waals surface area contributed by atoms with Gasteiger partial charge in [0.2, 0.25) is 0 Å². The van der Waals surface area contributed by atoms with Gasteiger partial charge in [0.15, 0.2) is 0 Å². The maximum atomic E-state index is 12.3. The average Bonchev–Trinajstić information content (AvgIpc) is 2.35. The fraction of sp³-hybridized carbons (Fsp3) is 0.0833. The summed E-state index contributed by atoms with van der Waals surface area (Å²) in [5.74, 6) is 0. The van der Waals surface area contributed by atoms with E-state index < -0.39 is 10.0 Å². The third kappa shape index (κ3) is 3.18. The lowest BCUT2D eigenvalue weighted by atomic mass is 10.2. The quantitative estimate of drug-likeness (QED) is 0.942. The summed E-state index contributed by atoms with van der Waals surface area (Å²) in [6.45, 7) is 1.69. The van der Waals surface area contributed by atoms with Crippen LogP contribution in [0.1, 0.15) is 5.56 Å². The molecule has 4 nitrogen and oxygen atoms in total. The van der Waals surface area contributed by atoms with Crippen molar-refractivity contribution in [2.75, 3.05) is 4.72 Å². The fourth-order valence-electron chi connectivity index (χ4n) is 1.52. The molecule has 1 N–H and O–H groups in total. The summed E-state index contributed by atoms with van der Waals surface area (Å²) in [4.78, 5) is 3.94. The number of aryl methyl sites for hydroxylation is 1. The molecule has 7 heteroatoms. The van der Waals surface area contributed by atoms with Crippen LogP contribution in [-0.2, 0) is 10.0 Å². The highest BCUT2D eigenvalue weighted by molar-refractivity contribution is 7.92. The molecule has 0 aliphatic heterocycles. The van der Waals surface area contributed by atoms with Crippen molar-refractivity contribution in [1.29, 1.82) is 0 Å². The number of pyridine rings is 1. The van der Waals surface area contributed by atoms with Crippen LogP contribution in [-0.4, -0.2) is 13.4 Å². The molecule has 2 aromatic rings. The van der Waals surface area contributed by atoms with Crippen molar-refractivity contribution in [3.63, 3.8) is 0 Å². The van der Waals surface area contributed by atoms with Gasteiger partial charge in [-0.25, -0.2) is 8.42 Å². The van der Waals surface area contributed by atoms with Gasteiger partial charge in [-0.15, -0.1) is 0 Å². The average molecular weight is 317 g/mol. The summed E-state index contributed by atoms with van der Waals surface area (Å²) < 4.78 is 26.9. The number of halogens is 2. The Morgan fingerprint density at radius 3 is 2.63 bits per heavy atom. The van der Waals surface area contributed by atoms with Gasteiger partial charge < -0.3 is 0 Å². The second-order valence-corrected chi connectivity index (χ2v) is 6.37. The van der Waals surface area contributed by atoms with E-state index in [0.717, 1.165) is 0 Å². The fourth-order valence-corrected chi connectivity index (χ4v) is 3.30. The Kier molecular flexibility index (Phi) is 3.99. The number of hydrogen-bond donors (Lipinski definition) is 1. The van der Waals surface area contributed by atoms with Gasteiger partial charge >= 0.3 is 0 Å². The van der Waals surface area contributed by atoms with Crippen LogP contribution in [0, 0.1) is 6.92 Å². The first kappa shape index (κ1) is 14.1. The Labute approximate surface area is 121 Å². The molecule has 0 bridgehead atoms. The number of benzene rings is 1. The molecule has 0 unspecified atom stereocenters. The van der Waals surface area contributed by atoms with E-state index in [2.05, 4.69) is 9.71 Å². The van der Waals surface area contributed by atoms with E-state index in [1.54, 1.807) is 19.1 Å². The smallest absolute Gasteiger partial charge is 0.262 e. The standard InChI is InChI=1S/C12H10Cl2N2O2S/c1-8-2-3-9(13)6-12(8)19(17,18)16-11-7-15-5-4-10(11)14/h2-7,16H,1H3. The van der Waals surface area contributed by atoms with E-state index in [-0.39, 0.29) is 15.6 Å². The van der Waals surface area contributed by atoms with Crippen molar-refractivity contribution in [2.45, 2.75) is 11.8 Å². The maximum Gasteiger partial charge on any atom is 0.262 e. The van der Waals surface area contributed by atoms with Gasteiger partial charge in [0.1, 0.15) is 0 Å². The van der Waals surface area contributed by atoms with Crippen molar-refractivity contribution in [2.24, 2.45) is 0 Å². The molecule has 1 heterocycles. The highest BCUT2D eigenvalue weighted by Crippen LogP contribution is 2.25. The lowest BCUT2D eigenvalue weighted by Crippen LogP contribution is -2.14. The van der Waals surface area contributed by atoms with Crippen molar-refractivity contribution >= 4 is 38.9 Å². The van der Waals surface area contributed by atoms with E-state index in [4.69, 9.17) is 23.2 Å². The van der Waals surface area contributed by atoms with Gasteiger partial charge in [0.25, 0.3) is 10.0 Å². The number of rotatable bonds is 3. The summed E-state index contributed by atoms with van der Waals surface area (Å²) in [6.07, 6.45) is 2.82. The van der Waals surface area contributed by atoms with Crippen LogP contribution >= 0.6 is 23.2 Å². The summed E-state index contributed by atoms with van der Waals surface area (Å²) in [5, 5.41) is 0.626. The number of anilines is 1. The first-order valence-corrected chi connectivity index (χ1v) is 7.52. The molecule has 0 amide bonds. The molecule has 1 aromatic carbocycles. The molecule has 100 valence electrons. The summed E-state index contributed by atoms with van der Waals surface area (Å²) in [6, 6.07) is 6.17. The minimum atomic E-state index is -3.75. The summed E-state index contributed by atoms with van der Waals surface area (Å²) in [5.41, 5.74) is 0.820. The van der Waals surface area contributed by atoms with Crippen LogP contribution in [0.2, 0.25) is 10.0 Å². The van der Waals surface area contributed by atoms with Crippen molar-refractivity contribution in [1.82, 2.24) is 4.98 Å². The molecule has 1 aromatic heterocycles. The molecule has 0 spiro atoms. The van der Waals surface area contributed by atoms with Gasteiger partial charge in [-0.1, -0.05) is 29.3 Å². The second-order valence-electron chi connectivity index (χ2n) is 3.87. The Morgan fingerprint density at radius 1 is 1.21 bits per heavy atom. The molecule has 0 saturated heterocycles. The molecule has 0 fully saturated rings. The largest absolute Gasteiger partial charge is 0.277 e. The van der Waals surface area contributed by atoms with E-state index in [9.17, 15) is 8.42 Å². The topological polar surface area (TPSA) is 59.1 Å². The zero-order valence-corrected chi connectivity index (χ0v) is 12.2. The highest BCUT2D eigenvalue weighted by atomic mass is 35.5. The first-order valence-electron chi connectivity index (χ1n) is 5.28. The lowest BCUT2D eigenvalue weighted by molar-refractivity contribution is 0.600. The van der Waals surface area contributed by atoms with Crippen LogP contribution in [0.25, 0.3) is 0 Å². The van der Waals surface area contributed by atoms with E-state index >= 15 is 0 Å². The van der Waals surface area contributed by atoms with Gasteiger partial charge in [-0.2, -0.15) is 0 Å². The van der Waals surface area contributed by atoms with E-state index in [1.165, 1.54) is 24.5 Å². The van der Waals surface area contributed by atoms with Crippen molar-refractivity contribution in [3.05, 3.63) is 52.3 Å². The summed E-state index contributed by atoms with van der Waals surface area (Å²) in [7, 11) is -3.75. The minimum absolute atomic E-state index is 0.111. The third-order valence-corrected chi connectivity index (χ3v) is 4.52. The van der Waals surface area contributed by atoms with Crippen LogP contribution in [0.5, 0.6) is 0 Å². The van der Waals surface area contributed by atoms with Crippen LogP contribution in [0.3, 0.4) is 0 Å². The molecule has 19 heavy (non-hydrogen) atoms. The summed E-state index contributed by atoms with van der Waals surface area (Å²) >= 11 is 11.7. The predicted molar refractivity (Wildman–Crippen MR) is 76.2 cm³/mol. The monoisotopic (exact) mass is 316 g/mol. The highest BCUT2D eigenvalue weighted by Gasteiger charge is 2.18. The Hall–Kier alpha value is -1.30. The molecule has 0 aliphatic carbocycles. The molecule has 0 atom stereocenters. The molecule has 0 saturated carbocycles. The van der Waals surface area contributed by atoms with Crippen molar-refractivity contribution in [3.8, 4) is 0 Å². The Morgan fingerprint density at radius 2 is 1.95 bits per heavy atom. The lowest BCUT2D eigenvalue weighted by Gasteiger charge is -2.11. The van der Waals surface area contributed by atoms with Gasteiger partial charge in [0.05, 0.1) is 21.8 Å². The normalized spacial score (nSPS) is 11.3. The van der Waals surface area contributed by atoms with Gasteiger partial charge in [-0.05, 0) is 30.7 Å². The Bertz CT molecular complexity index is 717. The zero-order chi connectivity index (χ0) is 14.0. The number of sulfonamides is 1. The van der Waals surface area contributed by atoms with Crippen LogP contribution in [0.4, 0.5) is 5.69 Å². The predicted octanol–water partition coefficient (Wildman–Crippen LogP) is 3.50. The van der Waals surface area contributed by atoms with Gasteiger partial charge in [-0.3, -0.25) is 9.71 Å². The minimum Gasteiger partial charge on any atom is -0.277 e. The van der Waals surface area contributed by atoms with Gasteiger partial charge in [0, 0.05) is 11.2 Å². The molecular weight excluding hydrogens is 307 g/mol. The van der Waals surface area contributed by atoms with Crippen molar-refractivity contribution < 1.29 is 8.42 Å². The number of nitrogens with one attached hydrogen (secondary N) is 1. The number of hydrogen-bond acceptors (Lipinski definition) is 3. The van der Waals surface area contributed by atoms with E-state index in [0.29, 0.717) is 10.6 Å². The first-order chi connectivity index (χ1) is 8.90. The molecule has 0 radical (unpaired) electrons. The van der Waals surface area contributed by atoms with Crippen LogP contribution < -0.4 is 4.72 Å². The van der Waals surface area contributed by atoms with E-state index in [1.807, 2.05) is 0 Å². The number of nitrogens with zero attached hydrogens (tertiary/aromatic N) is 1. The number of aromatic nitrogens is 1. The SMILES string of the molecule is Cc1ccc(Cl)cc1S(=O)(=O)Nc1cnccc1Cl. The van der Waals surface area contributed by atoms with Crippen LogP contribution in [0.15, 0.2) is 41.6 Å². The Balaban J connectivity index is 2.44. The zero-order valence-electron chi connectivity index (χ0n) is 9.89. The second kappa shape index (κ2) is 5.36. The molecule has 0 aliphatic rings. The maximum absolute atomic E-state index is 12.3.